The molecule has 20 heavy (non-hydrogen) atoms. The first-order valence-corrected chi connectivity index (χ1v) is 6.79. The standard InChI is InChI=1S/C12H18N8/c1-2-9-4-3-6-20(9)12-16-10(18-13)15-11(17-12)19-7-5-14-8-19/h5,7-9H,2-4,6,13H2,1H3,(H,15,16,17,18). The summed E-state index contributed by atoms with van der Waals surface area (Å²) in [5, 5.41) is 0. The molecule has 3 heterocycles. The van der Waals surface area contributed by atoms with Crippen LogP contribution in [-0.2, 0) is 0 Å². The molecule has 3 rings (SSSR count). The van der Waals surface area contributed by atoms with Crippen LogP contribution in [0.25, 0.3) is 5.95 Å². The summed E-state index contributed by atoms with van der Waals surface area (Å²) in [7, 11) is 0. The van der Waals surface area contributed by atoms with Crippen LogP contribution in [0.5, 0.6) is 0 Å². The molecule has 8 nitrogen and oxygen atoms in total. The zero-order valence-electron chi connectivity index (χ0n) is 11.4. The van der Waals surface area contributed by atoms with E-state index in [1.54, 1.807) is 23.3 Å². The number of rotatable bonds is 4. The van der Waals surface area contributed by atoms with Crippen molar-refractivity contribution in [2.24, 2.45) is 5.84 Å². The van der Waals surface area contributed by atoms with Gasteiger partial charge >= 0.3 is 0 Å². The second-order valence-electron chi connectivity index (χ2n) is 4.77. The third kappa shape index (κ3) is 2.29. The lowest BCUT2D eigenvalue weighted by Gasteiger charge is -2.23. The van der Waals surface area contributed by atoms with Crippen LogP contribution in [-0.4, -0.2) is 37.1 Å². The fourth-order valence-corrected chi connectivity index (χ4v) is 2.56. The predicted octanol–water partition coefficient (Wildman–Crippen LogP) is 0.722. The normalized spacial score (nSPS) is 18.5. The average molecular weight is 274 g/mol. The minimum Gasteiger partial charge on any atom is -0.338 e. The summed E-state index contributed by atoms with van der Waals surface area (Å²) in [6.45, 7) is 3.15. The first-order valence-electron chi connectivity index (χ1n) is 6.79. The Balaban J connectivity index is 2.00. The lowest BCUT2D eigenvalue weighted by molar-refractivity contribution is 0.632. The molecule has 0 bridgehead atoms. The lowest BCUT2D eigenvalue weighted by atomic mass is 10.2. The van der Waals surface area contributed by atoms with E-state index in [-0.39, 0.29) is 0 Å². The minimum absolute atomic E-state index is 0.362. The van der Waals surface area contributed by atoms with Crippen molar-refractivity contribution in [2.75, 3.05) is 16.9 Å². The molecule has 0 spiro atoms. The highest BCUT2D eigenvalue weighted by atomic mass is 15.4. The van der Waals surface area contributed by atoms with Gasteiger partial charge in [0.15, 0.2) is 0 Å². The highest BCUT2D eigenvalue weighted by Gasteiger charge is 2.26. The molecule has 0 aromatic carbocycles. The molecule has 0 radical (unpaired) electrons. The molecule has 1 fully saturated rings. The topological polar surface area (TPSA) is 97.8 Å². The Morgan fingerprint density at radius 1 is 1.35 bits per heavy atom. The Kier molecular flexibility index (Phi) is 3.46. The van der Waals surface area contributed by atoms with E-state index in [9.17, 15) is 0 Å². The second kappa shape index (κ2) is 5.41. The Morgan fingerprint density at radius 3 is 2.90 bits per heavy atom. The van der Waals surface area contributed by atoms with Crippen LogP contribution in [0.1, 0.15) is 26.2 Å². The first kappa shape index (κ1) is 12.8. The number of nitrogens with zero attached hydrogens (tertiary/aromatic N) is 6. The number of hydrazine groups is 1. The fourth-order valence-electron chi connectivity index (χ4n) is 2.56. The van der Waals surface area contributed by atoms with Crippen molar-refractivity contribution in [3.8, 4) is 5.95 Å². The molecule has 8 heteroatoms. The van der Waals surface area contributed by atoms with Gasteiger partial charge in [0.1, 0.15) is 6.33 Å². The SMILES string of the molecule is CCC1CCCN1c1nc(NN)nc(-n2ccnc2)n1. The Hall–Kier alpha value is -2.22. The van der Waals surface area contributed by atoms with Gasteiger partial charge in [-0.25, -0.2) is 10.8 Å². The first-order chi connectivity index (χ1) is 9.81. The third-order valence-corrected chi connectivity index (χ3v) is 3.58. The van der Waals surface area contributed by atoms with Gasteiger partial charge in [-0.2, -0.15) is 15.0 Å². The molecule has 1 atom stereocenters. The molecule has 2 aromatic rings. The van der Waals surface area contributed by atoms with Crippen molar-refractivity contribution in [3.63, 3.8) is 0 Å². The summed E-state index contributed by atoms with van der Waals surface area (Å²) in [6, 6.07) is 0.485. The molecular formula is C12H18N8. The van der Waals surface area contributed by atoms with E-state index >= 15 is 0 Å². The van der Waals surface area contributed by atoms with Crippen LogP contribution in [0.4, 0.5) is 11.9 Å². The molecule has 1 unspecified atom stereocenters. The maximum Gasteiger partial charge on any atom is 0.243 e. The van der Waals surface area contributed by atoms with Crippen LogP contribution in [0.3, 0.4) is 0 Å². The number of hydrogen-bond acceptors (Lipinski definition) is 7. The van der Waals surface area contributed by atoms with Gasteiger partial charge in [-0.1, -0.05) is 6.92 Å². The number of nitrogens with one attached hydrogen (secondary N) is 1. The summed E-state index contributed by atoms with van der Waals surface area (Å²) >= 11 is 0. The van der Waals surface area contributed by atoms with Gasteiger partial charge in [0.2, 0.25) is 17.8 Å². The van der Waals surface area contributed by atoms with Crippen molar-refractivity contribution in [1.29, 1.82) is 0 Å². The van der Waals surface area contributed by atoms with Crippen molar-refractivity contribution in [3.05, 3.63) is 18.7 Å². The quantitative estimate of drug-likeness (QED) is 0.626. The number of aromatic nitrogens is 5. The Bertz CT molecular complexity index is 567. The second-order valence-corrected chi connectivity index (χ2v) is 4.77. The maximum atomic E-state index is 5.46. The van der Waals surface area contributed by atoms with E-state index in [0.717, 1.165) is 19.4 Å². The van der Waals surface area contributed by atoms with Crippen LogP contribution < -0.4 is 16.2 Å². The van der Waals surface area contributed by atoms with Gasteiger partial charge in [-0.05, 0) is 19.3 Å². The number of imidazole rings is 1. The molecule has 2 aromatic heterocycles. The van der Waals surface area contributed by atoms with Gasteiger partial charge in [-0.15, -0.1) is 0 Å². The van der Waals surface area contributed by atoms with Gasteiger partial charge in [0.05, 0.1) is 0 Å². The van der Waals surface area contributed by atoms with E-state index < -0.39 is 0 Å². The molecule has 0 aliphatic carbocycles. The molecule has 0 amide bonds. The highest BCUT2D eigenvalue weighted by Crippen LogP contribution is 2.25. The van der Waals surface area contributed by atoms with Gasteiger partial charge in [-0.3, -0.25) is 9.99 Å². The van der Waals surface area contributed by atoms with E-state index in [1.165, 1.54) is 6.42 Å². The summed E-state index contributed by atoms with van der Waals surface area (Å²) in [4.78, 5) is 19.4. The minimum atomic E-state index is 0.362. The number of nitrogens with two attached hydrogens (primary N) is 1. The smallest absolute Gasteiger partial charge is 0.243 e. The van der Waals surface area contributed by atoms with Crippen molar-refractivity contribution in [1.82, 2.24) is 24.5 Å². The van der Waals surface area contributed by atoms with E-state index in [2.05, 4.69) is 37.2 Å². The maximum absolute atomic E-state index is 5.46. The molecule has 1 saturated heterocycles. The van der Waals surface area contributed by atoms with E-state index in [0.29, 0.717) is 23.9 Å². The molecule has 0 saturated carbocycles. The van der Waals surface area contributed by atoms with Crippen LogP contribution >= 0.6 is 0 Å². The lowest BCUT2D eigenvalue weighted by Crippen LogP contribution is -2.31. The molecule has 106 valence electrons. The molecule has 1 aliphatic rings. The average Bonchev–Trinajstić information content (AvgIpc) is 3.17. The van der Waals surface area contributed by atoms with Crippen molar-refractivity contribution >= 4 is 11.9 Å². The van der Waals surface area contributed by atoms with Crippen LogP contribution in [0, 0.1) is 0 Å². The summed E-state index contributed by atoms with van der Waals surface area (Å²) < 4.78 is 1.74. The Morgan fingerprint density at radius 2 is 2.20 bits per heavy atom. The van der Waals surface area contributed by atoms with E-state index in [4.69, 9.17) is 5.84 Å². The summed E-state index contributed by atoms with van der Waals surface area (Å²) in [6.07, 6.45) is 8.55. The fraction of sp³-hybridized carbons (Fsp3) is 0.500. The third-order valence-electron chi connectivity index (χ3n) is 3.58. The zero-order valence-corrected chi connectivity index (χ0v) is 11.4. The molecular weight excluding hydrogens is 256 g/mol. The monoisotopic (exact) mass is 274 g/mol. The summed E-state index contributed by atoms with van der Waals surface area (Å²) in [5.74, 6) is 7.01. The highest BCUT2D eigenvalue weighted by molar-refractivity contribution is 5.41. The summed E-state index contributed by atoms with van der Waals surface area (Å²) in [5.41, 5.74) is 2.50. The van der Waals surface area contributed by atoms with Gasteiger partial charge in [0.25, 0.3) is 0 Å². The number of anilines is 2. The zero-order chi connectivity index (χ0) is 13.9. The predicted molar refractivity (Wildman–Crippen MR) is 75.4 cm³/mol. The number of hydrogen-bond donors (Lipinski definition) is 2. The van der Waals surface area contributed by atoms with Gasteiger partial charge < -0.3 is 4.90 Å². The molecule has 3 N–H and O–H groups in total. The van der Waals surface area contributed by atoms with Crippen LogP contribution in [0.15, 0.2) is 18.7 Å². The van der Waals surface area contributed by atoms with Crippen molar-refractivity contribution in [2.45, 2.75) is 32.2 Å². The molecule has 1 aliphatic heterocycles. The number of nitrogen functional groups attached to an aromatic ring is 1. The van der Waals surface area contributed by atoms with Crippen molar-refractivity contribution < 1.29 is 0 Å². The van der Waals surface area contributed by atoms with Crippen LogP contribution in [0.2, 0.25) is 0 Å². The Labute approximate surface area is 117 Å². The van der Waals surface area contributed by atoms with E-state index in [1.807, 2.05) is 0 Å². The largest absolute Gasteiger partial charge is 0.338 e. The van der Waals surface area contributed by atoms with Gasteiger partial charge in [0, 0.05) is 25.0 Å².